The van der Waals surface area contributed by atoms with Gasteiger partial charge in [0.2, 0.25) is 5.91 Å². The van der Waals surface area contributed by atoms with E-state index in [1.54, 1.807) is 37.3 Å². The summed E-state index contributed by atoms with van der Waals surface area (Å²) in [5.41, 5.74) is 1.45. The van der Waals surface area contributed by atoms with E-state index in [1.807, 2.05) is 0 Å². The Kier molecular flexibility index (Phi) is 4.95. The fourth-order valence-corrected chi connectivity index (χ4v) is 2.13. The first-order valence-corrected chi connectivity index (χ1v) is 6.89. The lowest BCUT2D eigenvalue weighted by atomic mass is 10.1. The van der Waals surface area contributed by atoms with Crippen LogP contribution in [0, 0.1) is 17.0 Å². The predicted molar refractivity (Wildman–Crippen MR) is 86.4 cm³/mol. The van der Waals surface area contributed by atoms with Crippen molar-refractivity contribution in [3.63, 3.8) is 0 Å². The van der Waals surface area contributed by atoms with Gasteiger partial charge in [-0.3, -0.25) is 14.9 Å². The summed E-state index contributed by atoms with van der Waals surface area (Å²) in [6.45, 7) is 1.60. The van der Waals surface area contributed by atoms with Crippen LogP contribution in [0.3, 0.4) is 0 Å². The number of nitrogens with zero attached hydrogens (tertiary/aromatic N) is 1. The summed E-state index contributed by atoms with van der Waals surface area (Å²) in [6.07, 6.45) is 0. The van der Waals surface area contributed by atoms with E-state index in [0.29, 0.717) is 22.0 Å². The van der Waals surface area contributed by atoms with Gasteiger partial charge in [-0.1, -0.05) is 29.8 Å². The third kappa shape index (κ3) is 3.73. The molecule has 0 radical (unpaired) electrons. The summed E-state index contributed by atoms with van der Waals surface area (Å²) >= 11 is 5.98. The number of nitro groups is 1. The number of amides is 1. The van der Waals surface area contributed by atoms with E-state index in [2.05, 4.69) is 10.6 Å². The topological polar surface area (TPSA) is 84.3 Å². The average Bonchev–Trinajstić information content (AvgIpc) is 2.48. The number of hydrogen-bond donors (Lipinski definition) is 2. The van der Waals surface area contributed by atoms with E-state index in [-0.39, 0.29) is 18.1 Å². The van der Waals surface area contributed by atoms with Gasteiger partial charge >= 0.3 is 0 Å². The van der Waals surface area contributed by atoms with Crippen LogP contribution in [0.5, 0.6) is 0 Å². The van der Waals surface area contributed by atoms with Gasteiger partial charge in [0.1, 0.15) is 0 Å². The van der Waals surface area contributed by atoms with Gasteiger partial charge in [-0.25, -0.2) is 0 Å². The molecule has 0 heterocycles. The van der Waals surface area contributed by atoms with Crippen molar-refractivity contribution in [3.05, 3.63) is 63.2 Å². The summed E-state index contributed by atoms with van der Waals surface area (Å²) in [5.74, 6) is -0.316. The number of carbonyl (C=O) groups is 1. The highest BCUT2D eigenvalue weighted by atomic mass is 35.5. The number of halogens is 1. The van der Waals surface area contributed by atoms with Crippen LogP contribution in [-0.2, 0) is 4.79 Å². The molecule has 114 valence electrons. The Balaban J connectivity index is 2.02. The second kappa shape index (κ2) is 6.91. The Morgan fingerprint density at radius 3 is 2.55 bits per heavy atom. The van der Waals surface area contributed by atoms with Gasteiger partial charge in [0.05, 0.1) is 33.4 Å². The standard InChI is InChI=1S/C15H14ClN3O3/c1-10-12(7-4-8-14(10)19(21)22)18-15(20)9-17-13-6-3-2-5-11(13)16/h2-8,17H,9H2,1H3,(H,18,20). The van der Waals surface area contributed by atoms with Crippen molar-refractivity contribution >= 4 is 34.6 Å². The number of anilines is 2. The monoisotopic (exact) mass is 319 g/mol. The van der Waals surface area contributed by atoms with E-state index >= 15 is 0 Å². The normalized spacial score (nSPS) is 10.1. The van der Waals surface area contributed by atoms with Crippen molar-refractivity contribution < 1.29 is 9.72 Å². The molecule has 0 spiro atoms. The smallest absolute Gasteiger partial charge is 0.274 e. The maximum atomic E-state index is 11.9. The number of hydrogen-bond acceptors (Lipinski definition) is 4. The average molecular weight is 320 g/mol. The molecule has 2 aromatic rings. The van der Waals surface area contributed by atoms with Gasteiger partial charge in [-0.05, 0) is 25.1 Å². The molecule has 1 amide bonds. The van der Waals surface area contributed by atoms with E-state index in [4.69, 9.17) is 11.6 Å². The lowest BCUT2D eigenvalue weighted by molar-refractivity contribution is -0.385. The maximum Gasteiger partial charge on any atom is 0.274 e. The molecule has 7 heteroatoms. The fraction of sp³-hybridized carbons (Fsp3) is 0.133. The van der Waals surface area contributed by atoms with E-state index < -0.39 is 4.92 Å². The number of para-hydroxylation sites is 1. The molecule has 0 saturated heterocycles. The maximum absolute atomic E-state index is 11.9. The summed E-state index contributed by atoms with van der Waals surface area (Å²) < 4.78 is 0. The molecule has 0 aliphatic rings. The minimum absolute atomic E-state index is 0.00582. The molecule has 0 aliphatic heterocycles. The Hall–Kier alpha value is -2.60. The van der Waals surface area contributed by atoms with Crippen LogP contribution in [0.25, 0.3) is 0 Å². The van der Waals surface area contributed by atoms with E-state index in [0.717, 1.165) is 0 Å². The molecule has 0 atom stereocenters. The van der Waals surface area contributed by atoms with E-state index in [9.17, 15) is 14.9 Å². The minimum Gasteiger partial charge on any atom is -0.375 e. The van der Waals surface area contributed by atoms with Crippen molar-refractivity contribution in [1.82, 2.24) is 0 Å². The zero-order valence-electron chi connectivity index (χ0n) is 11.8. The Morgan fingerprint density at radius 1 is 1.18 bits per heavy atom. The molecule has 0 aliphatic carbocycles. The van der Waals surface area contributed by atoms with Crippen LogP contribution in [0.1, 0.15) is 5.56 Å². The number of nitro benzene ring substituents is 1. The molecular weight excluding hydrogens is 306 g/mol. The highest BCUT2D eigenvalue weighted by Crippen LogP contribution is 2.25. The van der Waals surface area contributed by atoms with Crippen LogP contribution in [0.15, 0.2) is 42.5 Å². The zero-order chi connectivity index (χ0) is 16.1. The first-order chi connectivity index (χ1) is 10.5. The fourth-order valence-electron chi connectivity index (χ4n) is 1.93. The number of rotatable bonds is 5. The molecule has 0 bridgehead atoms. The van der Waals surface area contributed by atoms with Crippen molar-refractivity contribution in [2.24, 2.45) is 0 Å². The molecule has 2 N–H and O–H groups in total. The number of benzene rings is 2. The third-order valence-electron chi connectivity index (χ3n) is 3.09. The van der Waals surface area contributed by atoms with Gasteiger partial charge in [-0.15, -0.1) is 0 Å². The van der Waals surface area contributed by atoms with Crippen molar-refractivity contribution in [2.45, 2.75) is 6.92 Å². The quantitative estimate of drug-likeness (QED) is 0.651. The van der Waals surface area contributed by atoms with Crippen molar-refractivity contribution in [1.29, 1.82) is 0 Å². The Morgan fingerprint density at radius 2 is 1.86 bits per heavy atom. The molecular formula is C15H14ClN3O3. The predicted octanol–water partition coefficient (Wildman–Crippen LogP) is 3.61. The summed E-state index contributed by atoms with van der Waals surface area (Å²) in [4.78, 5) is 22.3. The van der Waals surface area contributed by atoms with Crippen molar-refractivity contribution in [3.8, 4) is 0 Å². The van der Waals surface area contributed by atoms with Gasteiger partial charge in [0.25, 0.3) is 5.69 Å². The first-order valence-electron chi connectivity index (χ1n) is 6.51. The molecule has 22 heavy (non-hydrogen) atoms. The molecule has 6 nitrogen and oxygen atoms in total. The highest BCUT2D eigenvalue weighted by molar-refractivity contribution is 6.33. The molecule has 0 unspecified atom stereocenters. The van der Waals surface area contributed by atoms with Gasteiger partial charge < -0.3 is 10.6 Å². The molecule has 0 fully saturated rings. The summed E-state index contributed by atoms with van der Waals surface area (Å²) in [5, 5.41) is 16.9. The Labute approximate surface area is 132 Å². The van der Waals surface area contributed by atoms with Crippen LogP contribution in [0.4, 0.5) is 17.1 Å². The summed E-state index contributed by atoms with van der Waals surface area (Å²) in [7, 11) is 0. The van der Waals surface area contributed by atoms with Crippen molar-refractivity contribution in [2.75, 3.05) is 17.2 Å². The van der Waals surface area contributed by atoms with Crippen LogP contribution in [0.2, 0.25) is 5.02 Å². The second-order valence-electron chi connectivity index (χ2n) is 4.59. The van der Waals surface area contributed by atoms with Gasteiger partial charge in [0.15, 0.2) is 0 Å². The third-order valence-corrected chi connectivity index (χ3v) is 3.42. The summed E-state index contributed by atoms with van der Waals surface area (Å²) in [6, 6.07) is 11.6. The number of nitrogens with one attached hydrogen (secondary N) is 2. The molecule has 2 aromatic carbocycles. The minimum atomic E-state index is -0.479. The molecule has 0 aromatic heterocycles. The van der Waals surface area contributed by atoms with Gasteiger partial charge in [0, 0.05) is 6.07 Å². The SMILES string of the molecule is Cc1c(NC(=O)CNc2ccccc2Cl)cccc1[N+](=O)[O-]. The van der Waals surface area contributed by atoms with Crippen LogP contribution < -0.4 is 10.6 Å². The lowest BCUT2D eigenvalue weighted by Crippen LogP contribution is -2.22. The van der Waals surface area contributed by atoms with Gasteiger partial charge in [-0.2, -0.15) is 0 Å². The van der Waals surface area contributed by atoms with Crippen LogP contribution >= 0.6 is 11.6 Å². The molecule has 2 rings (SSSR count). The highest BCUT2D eigenvalue weighted by Gasteiger charge is 2.14. The number of carbonyl (C=O) groups excluding carboxylic acids is 1. The molecule has 0 saturated carbocycles. The zero-order valence-corrected chi connectivity index (χ0v) is 12.6. The first kappa shape index (κ1) is 15.8. The van der Waals surface area contributed by atoms with Crippen LogP contribution in [-0.4, -0.2) is 17.4 Å². The second-order valence-corrected chi connectivity index (χ2v) is 5.00. The van der Waals surface area contributed by atoms with E-state index in [1.165, 1.54) is 12.1 Å². The lowest BCUT2D eigenvalue weighted by Gasteiger charge is -2.10. The Bertz CT molecular complexity index is 719. The largest absolute Gasteiger partial charge is 0.375 e.